The average molecular weight is 286 g/mol. The number of para-hydroxylation sites is 1. The molecule has 0 amide bonds. The van der Waals surface area contributed by atoms with E-state index in [1.807, 2.05) is 30.3 Å². The van der Waals surface area contributed by atoms with Crippen LogP contribution in [0.2, 0.25) is 0 Å². The summed E-state index contributed by atoms with van der Waals surface area (Å²) >= 11 is 0. The first-order valence-corrected chi connectivity index (χ1v) is 8.13. The Hall–Kier alpha value is -1.57. The van der Waals surface area contributed by atoms with E-state index in [0.717, 1.165) is 12.3 Å². The lowest BCUT2D eigenvalue weighted by atomic mass is 9.82. The summed E-state index contributed by atoms with van der Waals surface area (Å²) in [6, 6.07) is 9.30. The number of rotatable bonds is 6. The van der Waals surface area contributed by atoms with Crippen LogP contribution in [0.5, 0.6) is 5.75 Å². The Morgan fingerprint density at radius 1 is 1.33 bits per heavy atom. The molecule has 2 nitrogen and oxygen atoms in total. The van der Waals surface area contributed by atoms with Crippen molar-refractivity contribution in [2.24, 2.45) is 11.8 Å². The van der Waals surface area contributed by atoms with E-state index < -0.39 is 0 Å². The molecule has 0 radical (unpaired) electrons. The molecule has 0 saturated heterocycles. The minimum atomic E-state index is -0.129. The maximum atomic E-state index is 11.9. The summed E-state index contributed by atoms with van der Waals surface area (Å²) in [6.07, 6.45) is 8.78. The van der Waals surface area contributed by atoms with Crippen molar-refractivity contribution in [3.8, 4) is 5.75 Å². The predicted molar refractivity (Wildman–Crippen MR) is 86.2 cm³/mol. The highest BCUT2D eigenvalue weighted by Gasteiger charge is 2.18. The van der Waals surface area contributed by atoms with Crippen LogP contribution in [0.1, 0.15) is 52.4 Å². The third-order valence-electron chi connectivity index (χ3n) is 4.52. The fourth-order valence-electron chi connectivity index (χ4n) is 2.92. The average Bonchev–Trinajstić information content (AvgIpc) is 2.53. The van der Waals surface area contributed by atoms with Gasteiger partial charge in [0, 0.05) is 6.42 Å². The van der Waals surface area contributed by atoms with Gasteiger partial charge in [-0.2, -0.15) is 0 Å². The number of esters is 1. The van der Waals surface area contributed by atoms with Crippen LogP contribution in [0.15, 0.2) is 42.0 Å². The Balaban J connectivity index is 1.75. The molecule has 114 valence electrons. The monoisotopic (exact) mass is 286 g/mol. The highest BCUT2D eigenvalue weighted by atomic mass is 16.5. The lowest BCUT2D eigenvalue weighted by molar-refractivity contribution is -0.134. The second-order valence-corrected chi connectivity index (χ2v) is 6.05. The number of carbonyl (C=O) groups excluding carboxylic acids is 1. The quantitative estimate of drug-likeness (QED) is 0.411. The molecule has 2 rings (SSSR count). The number of allylic oxidation sites excluding steroid dienone is 2. The number of carbonyl (C=O) groups is 1. The molecule has 2 heteroatoms. The number of benzene rings is 1. The van der Waals surface area contributed by atoms with E-state index in [4.69, 9.17) is 4.74 Å². The molecule has 2 unspecified atom stereocenters. The van der Waals surface area contributed by atoms with Crippen molar-refractivity contribution >= 4 is 5.97 Å². The van der Waals surface area contributed by atoms with Gasteiger partial charge in [-0.1, -0.05) is 50.1 Å². The first-order chi connectivity index (χ1) is 10.2. The summed E-state index contributed by atoms with van der Waals surface area (Å²) in [4.78, 5) is 11.9. The van der Waals surface area contributed by atoms with Crippen molar-refractivity contribution in [2.45, 2.75) is 52.4 Å². The molecule has 21 heavy (non-hydrogen) atoms. The smallest absolute Gasteiger partial charge is 0.311 e. The molecule has 0 N–H and O–H groups in total. The van der Waals surface area contributed by atoms with Gasteiger partial charge in [-0.15, -0.1) is 0 Å². The minimum Gasteiger partial charge on any atom is -0.427 e. The van der Waals surface area contributed by atoms with Crippen molar-refractivity contribution in [3.05, 3.63) is 42.0 Å². The molecule has 0 heterocycles. The SMILES string of the molecule is CCC1CC=C(C(C)CCC(=O)Oc2ccccc2)CC1. The van der Waals surface area contributed by atoms with Gasteiger partial charge in [0.05, 0.1) is 0 Å². The fraction of sp³-hybridized carbons (Fsp3) is 0.526. The van der Waals surface area contributed by atoms with Gasteiger partial charge in [-0.3, -0.25) is 4.79 Å². The Labute approximate surface area is 128 Å². The van der Waals surface area contributed by atoms with Crippen molar-refractivity contribution in [3.63, 3.8) is 0 Å². The highest BCUT2D eigenvalue weighted by molar-refractivity contribution is 5.72. The maximum absolute atomic E-state index is 11.9. The summed E-state index contributed by atoms with van der Waals surface area (Å²) in [5.41, 5.74) is 1.53. The van der Waals surface area contributed by atoms with E-state index >= 15 is 0 Å². The Kier molecular flexibility index (Phi) is 6.04. The summed E-state index contributed by atoms with van der Waals surface area (Å²) in [5.74, 6) is 1.86. The Bertz CT molecular complexity index is 476. The molecule has 1 aromatic rings. The van der Waals surface area contributed by atoms with Crippen LogP contribution in [0.3, 0.4) is 0 Å². The van der Waals surface area contributed by atoms with E-state index in [0.29, 0.717) is 18.1 Å². The van der Waals surface area contributed by atoms with Crippen LogP contribution in [-0.2, 0) is 4.79 Å². The van der Waals surface area contributed by atoms with Crippen LogP contribution < -0.4 is 4.74 Å². The number of hydrogen-bond acceptors (Lipinski definition) is 2. The molecule has 2 atom stereocenters. The third-order valence-corrected chi connectivity index (χ3v) is 4.52. The fourth-order valence-corrected chi connectivity index (χ4v) is 2.92. The van der Waals surface area contributed by atoms with Gasteiger partial charge in [0.2, 0.25) is 0 Å². The van der Waals surface area contributed by atoms with Crippen LogP contribution in [0.25, 0.3) is 0 Å². The van der Waals surface area contributed by atoms with E-state index in [9.17, 15) is 4.79 Å². The standard InChI is InChI=1S/C19H26O2/c1-3-16-10-12-17(13-11-16)15(2)9-14-19(20)21-18-7-5-4-6-8-18/h4-8,12,15-16H,3,9-11,13-14H2,1-2H3. The molecule has 0 aliphatic heterocycles. The first-order valence-electron chi connectivity index (χ1n) is 8.13. The lowest BCUT2D eigenvalue weighted by Gasteiger charge is -2.24. The van der Waals surface area contributed by atoms with E-state index in [2.05, 4.69) is 19.9 Å². The minimum absolute atomic E-state index is 0.129. The second kappa shape index (κ2) is 8.02. The van der Waals surface area contributed by atoms with Gasteiger partial charge in [0.1, 0.15) is 5.75 Å². The third kappa shape index (κ3) is 5.04. The summed E-state index contributed by atoms with van der Waals surface area (Å²) < 4.78 is 5.33. The zero-order valence-electron chi connectivity index (χ0n) is 13.2. The molecular formula is C19H26O2. The molecule has 1 aromatic carbocycles. The van der Waals surface area contributed by atoms with Crippen molar-refractivity contribution in [1.82, 2.24) is 0 Å². The molecule has 0 spiro atoms. The first kappa shape index (κ1) is 15.8. The van der Waals surface area contributed by atoms with Crippen LogP contribution in [0.4, 0.5) is 0 Å². The molecule has 0 fully saturated rings. The van der Waals surface area contributed by atoms with E-state index in [-0.39, 0.29) is 5.97 Å². The van der Waals surface area contributed by atoms with Crippen LogP contribution in [-0.4, -0.2) is 5.97 Å². The van der Waals surface area contributed by atoms with Gasteiger partial charge in [-0.25, -0.2) is 0 Å². The Morgan fingerprint density at radius 3 is 2.71 bits per heavy atom. The van der Waals surface area contributed by atoms with Crippen molar-refractivity contribution in [2.75, 3.05) is 0 Å². The number of hydrogen-bond donors (Lipinski definition) is 0. The predicted octanol–water partition coefficient (Wildman–Crippen LogP) is 5.14. The topological polar surface area (TPSA) is 26.3 Å². The molecule has 1 aliphatic rings. The molecule has 0 saturated carbocycles. The Morgan fingerprint density at radius 2 is 2.10 bits per heavy atom. The van der Waals surface area contributed by atoms with Gasteiger partial charge in [-0.05, 0) is 49.7 Å². The zero-order chi connectivity index (χ0) is 15.1. The zero-order valence-corrected chi connectivity index (χ0v) is 13.2. The molecule has 1 aliphatic carbocycles. The van der Waals surface area contributed by atoms with Crippen LogP contribution in [0, 0.1) is 11.8 Å². The summed E-state index contributed by atoms with van der Waals surface area (Å²) in [5, 5.41) is 0. The van der Waals surface area contributed by atoms with Gasteiger partial charge in [0.15, 0.2) is 0 Å². The molecule has 0 aromatic heterocycles. The molecule has 0 bridgehead atoms. The normalized spacial score (nSPS) is 19.7. The van der Waals surface area contributed by atoms with Gasteiger partial charge < -0.3 is 4.74 Å². The highest BCUT2D eigenvalue weighted by Crippen LogP contribution is 2.31. The largest absolute Gasteiger partial charge is 0.427 e. The van der Waals surface area contributed by atoms with Gasteiger partial charge >= 0.3 is 5.97 Å². The van der Waals surface area contributed by atoms with Gasteiger partial charge in [0.25, 0.3) is 0 Å². The van der Waals surface area contributed by atoms with Crippen LogP contribution >= 0.6 is 0 Å². The lowest BCUT2D eigenvalue weighted by Crippen LogP contribution is -2.13. The molecular weight excluding hydrogens is 260 g/mol. The maximum Gasteiger partial charge on any atom is 0.311 e. The van der Waals surface area contributed by atoms with Crippen molar-refractivity contribution < 1.29 is 9.53 Å². The van der Waals surface area contributed by atoms with E-state index in [1.54, 1.807) is 0 Å². The second-order valence-electron chi connectivity index (χ2n) is 6.05. The number of ether oxygens (including phenoxy) is 1. The van der Waals surface area contributed by atoms with E-state index in [1.165, 1.54) is 31.3 Å². The summed E-state index contributed by atoms with van der Waals surface area (Å²) in [6.45, 7) is 4.50. The summed E-state index contributed by atoms with van der Waals surface area (Å²) in [7, 11) is 0. The van der Waals surface area contributed by atoms with Crippen molar-refractivity contribution in [1.29, 1.82) is 0 Å².